The number of ether oxygens (including phenoxy) is 1. The van der Waals surface area contributed by atoms with Gasteiger partial charge in [-0.3, -0.25) is 14.5 Å². The van der Waals surface area contributed by atoms with Gasteiger partial charge in [0.05, 0.1) is 29.8 Å². The first-order valence-corrected chi connectivity index (χ1v) is 13.7. The number of rotatable bonds is 8. The van der Waals surface area contributed by atoms with E-state index in [4.69, 9.17) is 9.84 Å². The number of thiophene rings is 1. The maximum atomic E-state index is 13.7. The standard InChI is InChI=1S/C27H33FN4O3S/c28-22-9-7-20(8-10-22)24-18-23(25-6-3-17-36-25)29-32(24)26(33)19-31(27(34)21-4-1-2-5-21)12-11-30-13-15-35-16-14-30/h3,6-10,17,21,24H,1-2,4-5,11-16,18-19H2. The Balaban J connectivity index is 1.35. The molecule has 9 heteroatoms. The quantitative estimate of drug-likeness (QED) is 0.538. The van der Waals surface area contributed by atoms with E-state index >= 15 is 0 Å². The summed E-state index contributed by atoms with van der Waals surface area (Å²) in [5, 5.41) is 8.23. The number of benzene rings is 1. The number of morpholine rings is 1. The molecule has 0 spiro atoms. The van der Waals surface area contributed by atoms with Crippen LogP contribution < -0.4 is 0 Å². The van der Waals surface area contributed by atoms with Crippen LogP contribution in [0.3, 0.4) is 0 Å². The number of hydrazone groups is 1. The van der Waals surface area contributed by atoms with Crippen LogP contribution in [0.4, 0.5) is 4.39 Å². The third kappa shape index (κ3) is 5.85. The molecule has 36 heavy (non-hydrogen) atoms. The topological polar surface area (TPSA) is 65.5 Å². The molecule has 3 aliphatic rings. The maximum Gasteiger partial charge on any atom is 0.262 e. The molecule has 1 saturated heterocycles. The van der Waals surface area contributed by atoms with Crippen LogP contribution in [0.25, 0.3) is 0 Å². The van der Waals surface area contributed by atoms with Crippen LogP contribution in [0.5, 0.6) is 0 Å². The molecular formula is C27H33FN4O3S. The van der Waals surface area contributed by atoms with Crippen LogP contribution in [-0.2, 0) is 14.3 Å². The Morgan fingerprint density at radius 1 is 1.11 bits per heavy atom. The lowest BCUT2D eigenvalue weighted by Crippen LogP contribution is -2.47. The van der Waals surface area contributed by atoms with Gasteiger partial charge in [0, 0.05) is 38.5 Å². The second kappa shape index (κ2) is 11.6. The van der Waals surface area contributed by atoms with E-state index in [0.717, 1.165) is 61.5 Å². The largest absolute Gasteiger partial charge is 0.379 e. The van der Waals surface area contributed by atoms with Gasteiger partial charge in [0.1, 0.15) is 12.4 Å². The molecule has 192 valence electrons. The molecular weight excluding hydrogens is 479 g/mol. The van der Waals surface area contributed by atoms with E-state index in [-0.39, 0.29) is 36.1 Å². The van der Waals surface area contributed by atoms with E-state index in [1.807, 2.05) is 17.5 Å². The lowest BCUT2D eigenvalue weighted by atomic mass is 10.0. The van der Waals surface area contributed by atoms with Crippen molar-refractivity contribution in [3.8, 4) is 0 Å². The van der Waals surface area contributed by atoms with E-state index < -0.39 is 0 Å². The van der Waals surface area contributed by atoms with Crippen molar-refractivity contribution in [3.05, 3.63) is 58.0 Å². The van der Waals surface area contributed by atoms with Gasteiger partial charge in [-0.1, -0.05) is 31.0 Å². The number of hydrogen-bond acceptors (Lipinski definition) is 6. The van der Waals surface area contributed by atoms with Crippen molar-refractivity contribution in [3.63, 3.8) is 0 Å². The lowest BCUT2D eigenvalue weighted by molar-refractivity contribution is -0.144. The van der Waals surface area contributed by atoms with Crippen molar-refractivity contribution < 1.29 is 18.7 Å². The highest BCUT2D eigenvalue weighted by Gasteiger charge is 2.36. The predicted molar refractivity (Wildman–Crippen MR) is 137 cm³/mol. The summed E-state index contributed by atoms with van der Waals surface area (Å²) in [6.07, 6.45) is 4.47. The number of hydrogen-bond donors (Lipinski definition) is 0. The fourth-order valence-corrected chi connectivity index (χ4v) is 6.02. The van der Waals surface area contributed by atoms with Gasteiger partial charge in [0.2, 0.25) is 5.91 Å². The van der Waals surface area contributed by atoms with E-state index in [0.29, 0.717) is 26.2 Å². The van der Waals surface area contributed by atoms with Gasteiger partial charge in [-0.15, -0.1) is 11.3 Å². The Labute approximate surface area is 215 Å². The molecule has 0 radical (unpaired) electrons. The number of halogens is 1. The molecule has 1 unspecified atom stereocenters. The SMILES string of the molecule is O=C(C1CCCC1)N(CCN1CCOCC1)CC(=O)N1N=C(c2cccs2)CC1c1ccc(F)cc1. The minimum atomic E-state index is -0.321. The van der Waals surface area contributed by atoms with E-state index in [9.17, 15) is 14.0 Å². The third-order valence-corrected chi connectivity index (χ3v) is 8.28. The molecule has 2 aromatic rings. The third-order valence-electron chi connectivity index (χ3n) is 7.36. The zero-order chi connectivity index (χ0) is 24.9. The minimum Gasteiger partial charge on any atom is -0.379 e. The van der Waals surface area contributed by atoms with Gasteiger partial charge in [-0.05, 0) is 42.0 Å². The van der Waals surface area contributed by atoms with Crippen LogP contribution in [0.2, 0.25) is 0 Å². The van der Waals surface area contributed by atoms with Gasteiger partial charge < -0.3 is 9.64 Å². The van der Waals surface area contributed by atoms with E-state index in [2.05, 4.69) is 4.90 Å². The normalized spacial score (nSPS) is 21.1. The number of carbonyl (C=O) groups is 2. The molecule has 7 nitrogen and oxygen atoms in total. The maximum absolute atomic E-state index is 13.7. The molecule has 1 atom stereocenters. The van der Waals surface area contributed by atoms with Crippen molar-refractivity contribution in [2.45, 2.75) is 38.1 Å². The zero-order valence-electron chi connectivity index (χ0n) is 20.5. The van der Waals surface area contributed by atoms with Crippen molar-refractivity contribution in [1.82, 2.24) is 14.8 Å². The summed E-state index contributed by atoms with van der Waals surface area (Å²) >= 11 is 1.58. The molecule has 2 amide bonds. The van der Waals surface area contributed by atoms with Gasteiger partial charge in [-0.2, -0.15) is 5.10 Å². The minimum absolute atomic E-state index is 0.000793. The van der Waals surface area contributed by atoms with Crippen LogP contribution in [-0.4, -0.2) is 78.3 Å². The molecule has 1 aliphatic carbocycles. The molecule has 2 fully saturated rings. The molecule has 1 aromatic heterocycles. The molecule has 1 saturated carbocycles. The van der Waals surface area contributed by atoms with Gasteiger partial charge in [-0.25, -0.2) is 9.40 Å². The van der Waals surface area contributed by atoms with Gasteiger partial charge in [0.25, 0.3) is 5.91 Å². The Morgan fingerprint density at radius 3 is 2.56 bits per heavy atom. The van der Waals surface area contributed by atoms with E-state index in [1.54, 1.807) is 28.4 Å². The van der Waals surface area contributed by atoms with Crippen LogP contribution in [0.15, 0.2) is 46.9 Å². The van der Waals surface area contributed by atoms with Crippen molar-refractivity contribution in [1.29, 1.82) is 0 Å². The average molecular weight is 513 g/mol. The van der Waals surface area contributed by atoms with Crippen LogP contribution in [0.1, 0.15) is 48.6 Å². The smallest absolute Gasteiger partial charge is 0.262 e. The monoisotopic (exact) mass is 512 g/mol. The summed E-state index contributed by atoms with van der Waals surface area (Å²) in [4.78, 5) is 32.2. The second-order valence-electron chi connectivity index (χ2n) is 9.73. The number of nitrogens with zero attached hydrogens (tertiary/aromatic N) is 4. The molecule has 0 N–H and O–H groups in total. The Bertz CT molecular complexity index is 1060. The zero-order valence-corrected chi connectivity index (χ0v) is 21.3. The Kier molecular flexibility index (Phi) is 8.09. The van der Waals surface area contributed by atoms with Crippen LogP contribution in [0, 0.1) is 11.7 Å². The Morgan fingerprint density at radius 2 is 1.86 bits per heavy atom. The number of carbonyl (C=O) groups excluding carboxylic acids is 2. The molecule has 5 rings (SSSR count). The summed E-state index contributed by atoms with van der Waals surface area (Å²) in [5.41, 5.74) is 1.68. The molecule has 0 bridgehead atoms. The highest BCUT2D eigenvalue weighted by atomic mass is 32.1. The second-order valence-corrected chi connectivity index (χ2v) is 10.7. The summed E-state index contributed by atoms with van der Waals surface area (Å²) in [7, 11) is 0. The summed E-state index contributed by atoms with van der Waals surface area (Å²) in [6.45, 7) is 4.31. The van der Waals surface area contributed by atoms with Gasteiger partial charge >= 0.3 is 0 Å². The summed E-state index contributed by atoms with van der Waals surface area (Å²) in [6, 6.07) is 9.90. The van der Waals surface area contributed by atoms with Crippen LogP contribution >= 0.6 is 11.3 Å². The average Bonchev–Trinajstić information content (AvgIpc) is 3.69. The van der Waals surface area contributed by atoms with Crippen molar-refractivity contribution in [2.24, 2.45) is 11.0 Å². The van der Waals surface area contributed by atoms with Crippen molar-refractivity contribution in [2.75, 3.05) is 45.9 Å². The Hall–Kier alpha value is -2.62. The first-order valence-electron chi connectivity index (χ1n) is 12.9. The fourth-order valence-electron chi connectivity index (χ4n) is 5.30. The molecule has 1 aromatic carbocycles. The molecule has 2 aliphatic heterocycles. The highest BCUT2D eigenvalue weighted by molar-refractivity contribution is 7.12. The molecule has 3 heterocycles. The summed E-state index contributed by atoms with van der Waals surface area (Å²) < 4.78 is 19.1. The first kappa shape index (κ1) is 25.0. The lowest BCUT2D eigenvalue weighted by Gasteiger charge is -2.32. The number of amides is 2. The first-order chi connectivity index (χ1) is 17.6. The summed E-state index contributed by atoms with van der Waals surface area (Å²) in [5.74, 6) is -0.442. The predicted octanol–water partition coefficient (Wildman–Crippen LogP) is 3.92. The van der Waals surface area contributed by atoms with Crippen molar-refractivity contribution >= 4 is 28.9 Å². The van der Waals surface area contributed by atoms with E-state index in [1.165, 1.54) is 17.1 Å². The fraction of sp³-hybridized carbons (Fsp3) is 0.519. The highest BCUT2D eigenvalue weighted by Crippen LogP contribution is 2.34. The van der Waals surface area contributed by atoms with Gasteiger partial charge in [0.15, 0.2) is 0 Å².